The highest BCUT2D eigenvalue weighted by Gasteiger charge is 2.34. The molecular weight excluding hydrogens is 228 g/mol. The first kappa shape index (κ1) is 14.9. The van der Waals surface area contributed by atoms with E-state index < -0.39 is 5.60 Å². The van der Waals surface area contributed by atoms with Crippen molar-refractivity contribution in [3.05, 3.63) is 12.2 Å². The highest BCUT2D eigenvalue weighted by molar-refractivity contribution is 5.82. The van der Waals surface area contributed by atoms with Crippen LogP contribution >= 0.6 is 0 Å². The van der Waals surface area contributed by atoms with Crippen molar-refractivity contribution in [3.8, 4) is 0 Å². The standard InChI is InChI=1S/C15H24O3/c1-5-6-7-11-8-13(16)9-12(11)10-14(17)18-15(2,3)4/h5-6,11-12H,7-10H2,1-4H3. The summed E-state index contributed by atoms with van der Waals surface area (Å²) in [5.41, 5.74) is -0.446. The second-order valence-electron chi connectivity index (χ2n) is 6.06. The van der Waals surface area contributed by atoms with E-state index in [4.69, 9.17) is 4.74 Å². The summed E-state index contributed by atoms with van der Waals surface area (Å²) in [7, 11) is 0. The molecule has 3 heteroatoms. The Hall–Kier alpha value is -1.12. The van der Waals surface area contributed by atoms with Crippen molar-refractivity contribution >= 4 is 11.8 Å². The lowest BCUT2D eigenvalue weighted by Crippen LogP contribution is -2.26. The Labute approximate surface area is 110 Å². The molecule has 0 heterocycles. The van der Waals surface area contributed by atoms with E-state index in [2.05, 4.69) is 6.08 Å². The van der Waals surface area contributed by atoms with Gasteiger partial charge in [-0.2, -0.15) is 0 Å². The molecule has 3 nitrogen and oxygen atoms in total. The van der Waals surface area contributed by atoms with Gasteiger partial charge in [-0.3, -0.25) is 9.59 Å². The van der Waals surface area contributed by atoms with Gasteiger partial charge in [-0.05, 0) is 46.0 Å². The Morgan fingerprint density at radius 1 is 1.33 bits per heavy atom. The number of Topliss-reactive ketones (excluding diaryl/α,β-unsaturated/α-hetero) is 1. The van der Waals surface area contributed by atoms with Crippen LogP contribution in [0.1, 0.15) is 53.4 Å². The minimum Gasteiger partial charge on any atom is -0.460 e. The van der Waals surface area contributed by atoms with E-state index in [1.807, 2.05) is 33.8 Å². The zero-order valence-electron chi connectivity index (χ0n) is 11.9. The average Bonchev–Trinajstić information content (AvgIpc) is 2.52. The van der Waals surface area contributed by atoms with Crippen molar-refractivity contribution in [2.75, 3.05) is 0 Å². The fourth-order valence-corrected chi connectivity index (χ4v) is 2.42. The molecule has 0 saturated heterocycles. The van der Waals surface area contributed by atoms with Crippen LogP contribution in [-0.2, 0) is 14.3 Å². The quantitative estimate of drug-likeness (QED) is 0.569. The number of allylic oxidation sites excluding steroid dienone is 2. The summed E-state index contributed by atoms with van der Waals surface area (Å²) in [6, 6.07) is 0. The minimum atomic E-state index is -0.446. The third-order valence-corrected chi connectivity index (χ3v) is 3.17. The van der Waals surface area contributed by atoms with Gasteiger partial charge in [0.25, 0.3) is 0 Å². The number of ketones is 1. The first-order chi connectivity index (χ1) is 8.31. The van der Waals surface area contributed by atoms with Crippen LogP contribution in [0.2, 0.25) is 0 Å². The Balaban J connectivity index is 2.53. The molecule has 2 unspecified atom stereocenters. The number of carbonyl (C=O) groups excluding carboxylic acids is 2. The molecule has 0 aromatic heterocycles. The van der Waals surface area contributed by atoms with Crippen LogP contribution < -0.4 is 0 Å². The maximum absolute atomic E-state index is 11.8. The molecule has 102 valence electrons. The zero-order chi connectivity index (χ0) is 13.8. The predicted molar refractivity (Wildman–Crippen MR) is 71.1 cm³/mol. The third kappa shape index (κ3) is 5.03. The highest BCUT2D eigenvalue weighted by atomic mass is 16.6. The van der Waals surface area contributed by atoms with Gasteiger partial charge in [0.2, 0.25) is 0 Å². The van der Waals surface area contributed by atoms with Gasteiger partial charge < -0.3 is 4.74 Å². The van der Waals surface area contributed by atoms with Crippen LogP contribution in [0.5, 0.6) is 0 Å². The van der Waals surface area contributed by atoms with Gasteiger partial charge in [0.05, 0.1) is 0 Å². The molecule has 1 saturated carbocycles. The number of esters is 1. The summed E-state index contributed by atoms with van der Waals surface area (Å²) in [6.45, 7) is 7.56. The van der Waals surface area contributed by atoms with Crippen molar-refractivity contribution in [1.82, 2.24) is 0 Å². The van der Waals surface area contributed by atoms with Crippen LogP contribution in [0.3, 0.4) is 0 Å². The molecule has 0 amide bonds. The first-order valence-electron chi connectivity index (χ1n) is 6.66. The smallest absolute Gasteiger partial charge is 0.306 e. The van der Waals surface area contributed by atoms with Gasteiger partial charge >= 0.3 is 5.97 Å². The van der Waals surface area contributed by atoms with Crippen molar-refractivity contribution in [2.24, 2.45) is 11.8 Å². The summed E-state index contributed by atoms with van der Waals surface area (Å²) in [5, 5.41) is 0. The molecule has 0 aromatic carbocycles. The number of carbonyl (C=O) groups is 2. The zero-order valence-corrected chi connectivity index (χ0v) is 11.9. The van der Waals surface area contributed by atoms with E-state index in [0.717, 1.165) is 6.42 Å². The second kappa shape index (κ2) is 6.17. The lowest BCUT2D eigenvalue weighted by molar-refractivity contribution is -0.156. The fraction of sp³-hybridized carbons (Fsp3) is 0.733. The largest absolute Gasteiger partial charge is 0.460 e. The lowest BCUT2D eigenvalue weighted by Gasteiger charge is -2.22. The van der Waals surface area contributed by atoms with Crippen LogP contribution in [0.4, 0.5) is 0 Å². The lowest BCUT2D eigenvalue weighted by atomic mass is 9.90. The van der Waals surface area contributed by atoms with Crippen LogP contribution in [0.25, 0.3) is 0 Å². The Morgan fingerprint density at radius 2 is 1.94 bits per heavy atom. The summed E-state index contributed by atoms with van der Waals surface area (Å²) < 4.78 is 5.32. The topological polar surface area (TPSA) is 43.4 Å². The second-order valence-corrected chi connectivity index (χ2v) is 6.06. The molecular formula is C15H24O3. The average molecular weight is 252 g/mol. The summed E-state index contributed by atoms with van der Waals surface area (Å²) in [5.74, 6) is 0.551. The number of hydrogen-bond acceptors (Lipinski definition) is 3. The van der Waals surface area contributed by atoms with Gasteiger partial charge in [-0.15, -0.1) is 0 Å². The van der Waals surface area contributed by atoms with E-state index in [-0.39, 0.29) is 17.7 Å². The number of hydrogen-bond donors (Lipinski definition) is 0. The molecule has 0 radical (unpaired) electrons. The fourth-order valence-electron chi connectivity index (χ4n) is 2.42. The molecule has 0 aromatic rings. The van der Waals surface area contributed by atoms with Gasteiger partial charge in [-0.1, -0.05) is 12.2 Å². The van der Waals surface area contributed by atoms with Crippen LogP contribution in [0, 0.1) is 11.8 Å². The minimum absolute atomic E-state index is 0.156. The van der Waals surface area contributed by atoms with Gasteiger partial charge in [0.15, 0.2) is 0 Å². The monoisotopic (exact) mass is 252 g/mol. The van der Waals surface area contributed by atoms with E-state index in [9.17, 15) is 9.59 Å². The van der Waals surface area contributed by atoms with Gasteiger partial charge in [0, 0.05) is 19.3 Å². The molecule has 18 heavy (non-hydrogen) atoms. The SMILES string of the molecule is CC=CCC1CC(=O)CC1CC(=O)OC(C)(C)C. The highest BCUT2D eigenvalue weighted by Crippen LogP contribution is 2.35. The molecule has 1 aliphatic rings. The third-order valence-electron chi connectivity index (χ3n) is 3.17. The van der Waals surface area contributed by atoms with Gasteiger partial charge in [-0.25, -0.2) is 0 Å². The normalized spacial score (nSPS) is 24.8. The molecule has 1 aliphatic carbocycles. The van der Waals surface area contributed by atoms with Crippen molar-refractivity contribution in [1.29, 1.82) is 0 Å². The van der Waals surface area contributed by atoms with Crippen molar-refractivity contribution < 1.29 is 14.3 Å². The van der Waals surface area contributed by atoms with Gasteiger partial charge in [0.1, 0.15) is 11.4 Å². The maximum atomic E-state index is 11.8. The molecule has 0 aliphatic heterocycles. The molecule has 1 rings (SSSR count). The predicted octanol–water partition coefficient (Wildman–Crippen LogP) is 3.28. The molecule has 0 bridgehead atoms. The van der Waals surface area contributed by atoms with Crippen LogP contribution in [-0.4, -0.2) is 17.4 Å². The first-order valence-corrected chi connectivity index (χ1v) is 6.66. The van der Waals surface area contributed by atoms with E-state index in [0.29, 0.717) is 25.2 Å². The Morgan fingerprint density at radius 3 is 2.50 bits per heavy atom. The van der Waals surface area contributed by atoms with Crippen molar-refractivity contribution in [3.63, 3.8) is 0 Å². The van der Waals surface area contributed by atoms with E-state index in [1.54, 1.807) is 0 Å². The number of rotatable bonds is 4. The molecule has 1 fully saturated rings. The summed E-state index contributed by atoms with van der Waals surface area (Å²) in [4.78, 5) is 23.3. The summed E-state index contributed by atoms with van der Waals surface area (Å²) >= 11 is 0. The molecule has 0 N–H and O–H groups in total. The maximum Gasteiger partial charge on any atom is 0.306 e. The number of ether oxygens (including phenoxy) is 1. The summed E-state index contributed by atoms with van der Waals surface area (Å²) in [6.07, 6.45) is 6.46. The molecule has 0 spiro atoms. The molecule has 2 atom stereocenters. The van der Waals surface area contributed by atoms with E-state index in [1.165, 1.54) is 0 Å². The Bertz CT molecular complexity index is 336. The Kier molecular flexibility index (Phi) is 5.12. The van der Waals surface area contributed by atoms with Crippen molar-refractivity contribution in [2.45, 2.75) is 59.0 Å². The van der Waals surface area contributed by atoms with E-state index >= 15 is 0 Å². The van der Waals surface area contributed by atoms with Crippen LogP contribution in [0.15, 0.2) is 12.2 Å².